The van der Waals surface area contributed by atoms with Crippen molar-refractivity contribution in [2.24, 2.45) is 0 Å². The number of benzene rings is 1. The van der Waals surface area contributed by atoms with Crippen LogP contribution in [0.15, 0.2) is 30.3 Å². The molecule has 200 valence electrons. The molecule has 9 nitrogen and oxygen atoms in total. The molecule has 0 aromatic heterocycles. The summed E-state index contributed by atoms with van der Waals surface area (Å²) in [6, 6.07) is 10.5. The second-order valence-electron chi connectivity index (χ2n) is 9.71. The van der Waals surface area contributed by atoms with Crippen LogP contribution < -0.4 is 0 Å². The lowest BCUT2D eigenvalue weighted by atomic mass is 9.94. The van der Waals surface area contributed by atoms with E-state index >= 15 is 0 Å². The zero-order valence-electron chi connectivity index (χ0n) is 21.1. The van der Waals surface area contributed by atoms with E-state index in [0.717, 1.165) is 50.5 Å². The van der Waals surface area contributed by atoms with Gasteiger partial charge in [-0.25, -0.2) is 0 Å². The van der Waals surface area contributed by atoms with Crippen molar-refractivity contribution in [3.05, 3.63) is 35.9 Å². The summed E-state index contributed by atoms with van der Waals surface area (Å²) in [7, 11) is 0. The minimum absolute atomic E-state index is 0.169. The Kier molecular flexibility index (Phi) is 11.6. The number of aliphatic hydroxyl groups excluding tert-OH is 3. The highest BCUT2D eigenvalue weighted by Crippen LogP contribution is 2.35. The first-order chi connectivity index (χ1) is 17.4. The van der Waals surface area contributed by atoms with Gasteiger partial charge in [0.1, 0.15) is 24.4 Å². The van der Waals surface area contributed by atoms with Crippen LogP contribution >= 0.6 is 0 Å². The Hall–Kier alpha value is -2.06. The molecular formula is C27H40N2O7. The quantitative estimate of drug-likeness (QED) is 0.349. The molecule has 2 saturated heterocycles. The van der Waals surface area contributed by atoms with Crippen LogP contribution in [0.1, 0.15) is 76.6 Å². The fourth-order valence-corrected chi connectivity index (χ4v) is 4.98. The van der Waals surface area contributed by atoms with Crippen molar-refractivity contribution >= 4 is 5.91 Å². The van der Waals surface area contributed by atoms with E-state index in [4.69, 9.17) is 19.5 Å². The summed E-state index contributed by atoms with van der Waals surface area (Å²) >= 11 is 0. The van der Waals surface area contributed by atoms with Gasteiger partial charge in [0, 0.05) is 19.0 Å². The second-order valence-corrected chi connectivity index (χ2v) is 9.71. The van der Waals surface area contributed by atoms with Gasteiger partial charge in [0.2, 0.25) is 5.91 Å². The first-order valence-corrected chi connectivity index (χ1v) is 13.1. The maximum Gasteiger partial charge on any atom is 0.219 e. The predicted octanol–water partition coefficient (Wildman–Crippen LogP) is 2.79. The Bertz CT molecular complexity index is 833. The van der Waals surface area contributed by atoms with Crippen LogP contribution in [0.5, 0.6) is 0 Å². The van der Waals surface area contributed by atoms with Crippen molar-refractivity contribution in [1.82, 2.24) is 4.90 Å². The van der Waals surface area contributed by atoms with Crippen LogP contribution in [0, 0.1) is 11.3 Å². The van der Waals surface area contributed by atoms with Crippen LogP contribution in [-0.4, -0.2) is 76.0 Å². The van der Waals surface area contributed by atoms with Gasteiger partial charge in [0.25, 0.3) is 0 Å². The third-order valence-corrected chi connectivity index (χ3v) is 6.95. The maximum absolute atomic E-state index is 12.5. The number of nitrogens with zero attached hydrogens (tertiary/aromatic N) is 2. The van der Waals surface area contributed by atoms with Crippen LogP contribution in [0.3, 0.4) is 0 Å². The van der Waals surface area contributed by atoms with E-state index in [2.05, 4.69) is 0 Å². The molecule has 7 atom stereocenters. The monoisotopic (exact) mass is 504 g/mol. The summed E-state index contributed by atoms with van der Waals surface area (Å²) in [6.45, 7) is 2.01. The number of ether oxygens (including phenoxy) is 3. The highest BCUT2D eigenvalue weighted by Gasteiger charge is 2.51. The fraction of sp³-hybridized carbons (Fsp3) is 0.704. The molecule has 0 radical (unpaired) electrons. The average molecular weight is 505 g/mol. The van der Waals surface area contributed by atoms with Gasteiger partial charge in [0.05, 0.1) is 25.2 Å². The number of aliphatic hydroxyl groups is 3. The average Bonchev–Trinajstić information content (AvgIpc) is 2.87. The molecule has 1 amide bonds. The molecule has 3 rings (SSSR count). The van der Waals surface area contributed by atoms with Gasteiger partial charge in [-0.05, 0) is 12.8 Å². The van der Waals surface area contributed by atoms with Crippen molar-refractivity contribution < 1.29 is 34.3 Å². The van der Waals surface area contributed by atoms with Gasteiger partial charge in [-0.15, -0.1) is 0 Å². The Morgan fingerprint density at radius 2 is 1.75 bits per heavy atom. The number of hydrogen-bond donors (Lipinski definition) is 3. The maximum atomic E-state index is 12.5. The minimum atomic E-state index is -1.33. The molecule has 1 aromatic carbocycles. The van der Waals surface area contributed by atoms with Gasteiger partial charge >= 0.3 is 0 Å². The zero-order valence-corrected chi connectivity index (χ0v) is 21.1. The molecule has 0 saturated carbocycles. The molecule has 2 aliphatic rings. The van der Waals surface area contributed by atoms with E-state index < -0.39 is 43.0 Å². The fourth-order valence-electron chi connectivity index (χ4n) is 4.98. The Morgan fingerprint density at radius 3 is 2.42 bits per heavy atom. The topological polar surface area (TPSA) is 132 Å². The Balaban J connectivity index is 1.45. The molecular weight excluding hydrogens is 464 g/mol. The predicted molar refractivity (Wildman–Crippen MR) is 131 cm³/mol. The first-order valence-electron chi connectivity index (χ1n) is 13.1. The summed E-state index contributed by atoms with van der Waals surface area (Å²) in [5, 5.41) is 40.0. The molecule has 0 bridgehead atoms. The number of amides is 1. The lowest BCUT2D eigenvalue weighted by Gasteiger charge is -2.49. The SMILES string of the molecule is CC(=O)N(CCCCCCCCCC(O)CC#N)[C@@H]1[C@@H](O)[C@@H]2OC(c3ccccc3)OC[C@H]2O[C@H]1O. The molecule has 0 aliphatic carbocycles. The van der Waals surface area contributed by atoms with E-state index in [1.165, 1.54) is 11.8 Å². The zero-order chi connectivity index (χ0) is 25.9. The molecule has 2 unspecified atom stereocenters. The number of unbranched alkanes of at least 4 members (excludes halogenated alkanes) is 6. The first kappa shape index (κ1) is 28.5. The molecule has 36 heavy (non-hydrogen) atoms. The molecule has 2 aliphatic heterocycles. The van der Waals surface area contributed by atoms with Gasteiger partial charge in [-0.3, -0.25) is 4.79 Å². The molecule has 0 spiro atoms. The summed E-state index contributed by atoms with van der Waals surface area (Å²) in [5.74, 6) is -0.234. The molecule has 3 N–H and O–H groups in total. The third kappa shape index (κ3) is 7.97. The summed E-state index contributed by atoms with van der Waals surface area (Å²) in [6.07, 6.45) is 2.64. The lowest BCUT2D eigenvalue weighted by Crippen LogP contribution is -2.67. The number of carbonyl (C=O) groups excluding carboxylic acids is 1. The Morgan fingerprint density at radius 1 is 1.08 bits per heavy atom. The van der Waals surface area contributed by atoms with Crippen molar-refractivity contribution in [3.8, 4) is 6.07 Å². The Labute approximate surface area is 213 Å². The molecule has 9 heteroatoms. The number of nitriles is 1. The van der Waals surface area contributed by atoms with E-state index in [-0.39, 0.29) is 18.9 Å². The number of fused-ring (bicyclic) bond motifs is 1. The minimum Gasteiger partial charge on any atom is -0.392 e. The number of carbonyl (C=O) groups is 1. The third-order valence-electron chi connectivity index (χ3n) is 6.95. The number of rotatable bonds is 13. The van der Waals surface area contributed by atoms with E-state index in [0.29, 0.717) is 13.0 Å². The van der Waals surface area contributed by atoms with Crippen molar-refractivity contribution in [1.29, 1.82) is 5.26 Å². The van der Waals surface area contributed by atoms with Crippen molar-refractivity contribution in [2.45, 2.75) is 108 Å². The lowest BCUT2D eigenvalue weighted by molar-refractivity contribution is -0.345. The summed E-state index contributed by atoms with van der Waals surface area (Å²) < 4.78 is 17.5. The van der Waals surface area contributed by atoms with Crippen LogP contribution in [0.4, 0.5) is 0 Å². The van der Waals surface area contributed by atoms with Gasteiger partial charge in [-0.2, -0.15) is 5.26 Å². The highest BCUT2D eigenvalue weighted by atomic mass is 16.7. The van der Waals surface area contributed by atoms with E-state index in [1.807, 2.05) is 36.4 Å². The standard InChI is InChI=1S/C27H40N2O7/c1-19(30)29(17-11-6-4-2-3-5-10-14-21(31)15-16-28)23-24(32)25-22(35-26(23)33)18-34-27(36-25)20-12-8-7-9-13-20/h7-9,12-13,21-27,31-33H,2-6,10-11,14-15,17-18H2,1H3/t21?,22-,23-,24-,25-,26-,27?/m1/s1. The summed E-state index contributed by atoms with van der Waals surface area (Å²) in [5.41, 5.74) is 0.826. The number of hydrogen-bond acceptors (Lipinski definition) is 8. The van der Waals surface area contributed by atoms with Gasteiger partial charge in [-0.1, -0.05) is 68.9 Å². The smallest absolute Gasteiger partial charge is 0.219 e. The van der Waals surface area contributed by atoms with Crippen molar-refractivity contribution in [3.63, 3.8) is 0 Å². The normalized spacial score (nSPS) is 28.6. The van der Waals surface area contributed by atoms with Crippen LogP contribution in [-0.2, 0) is 19.0 Å². The highest BCUT2D eigenvalue weighted by molar-refractivity contribution is 5.73. The largest absolute Gasteiger partial charge is 0.392 e. The van der Waals surface area contributed by atoms with Gasteiger partial charge < -0.3 is 34.4 Å². The van der Waals surface area contributed by atoms with E-state index in [1.54, 1.807) is 0 Å². The van der Waals surface area contributed by atoms with Crippen LogP contribution in [0.2, 0.25) is 0 Å². The molecule has 2 fully saturated rings. The van der Waals surface area contributed by atoms with Crippen LogP contribution in [0.25, 0.3) is 0 Å². The molecule has 2 heterocycles. The second kappa shape index (κ2) is 14.6. The molecule has 1 aromatic rings. The van der Waals surface area contributed by atoms with Crippen molar-refractivity contribution in [2.75, 3.05) is 13.2 Å². The summed E-state index contributed by atoms with van der Waals surface area (Å²) in [4.78, 5) is 14.0. The van der Waals surface area contributed by atoms with E-state index in [9.17, 15) is 20.1 Å². The van der Waals surface area contributed by atoms with Gasteiger partial charge in [0.15, 0.2) is 12.6 Å².